The molecule has 6 nitrogen and oxygen atoms in total. The number of aromatic nitrogens is 3. The van der Waals surface area contributed by atoms with Crippen molar-refractivity contribution < 1.29 is 14.6 Å². The van der Waals surface area contributed by atoms with Crippen LogP contribution in [0.25, 0.3) is 0 Å². The highest BCUT2D eigenvalue weighted by atomic mass is 16.5. The van der Waals surface area contributed by atoms with Gasteiger partial charge in [-0.3, -0.25) is 0 Å². The summed E-state index contributed by atoms with van der Waals surface area (Å²) in [4.78, 5) is 11.4. The van der Waals surface area contributed by atoms with Gasteiger partial charge in [0, 0.05) is 19.0 Å². The Morgan fingerprint density at radius 3 is 2.59 bits per heavy atom. The van der Waals surface area contributed by atoms with Gasteiger partial charge in [0.25, 0.3) is 0 Å². The van der Waals surface area contributed by atoms with Crippen molar-refractivity contribution in [2.24, 2.45) is 0 Å². The van der Waals surface area contributed by atoms with Gasteiger partial charge in [-0.2, -0.15) is 0 Å². The van der Waals surface area contributed by atoms with E-state index in [9.17, 15) is 9.90 Å². The highest BCUT2D eigenvalue weighted by Gasteiger charge is 2.54. The molecule has 0 spiro atoms. The largest absolute Gasteiger partial charge is 0.479 e. The van der Waals surface area contributed by atoms with Gasteiger partial charge >= 0.3 is 5.97 Å². The lowest BCUT2D eigenvalue weighted by Crippen LogP contribution is -2.57. The number of aliphatic carboxylic acids is 1. The predicted molar refractivity (Wildman–Crippen MR) is 59.5 cm³/mol. The molecule has 2 rings (SSSR count). The minimum absolute atomic E-state index is 0.0321. The van der Waals surface area contributed by atoms with E-state index in [0.717, 1.165) is 0 Å². The fourth-order valence-corrected chi connectivity index (χ4v) is 2.17. The van der Waals surface area contributed by atoms with Crippen molar-refractivity contribution in [3.8, 4) is 0 Å². The number of nitrogens with zero attached hydrogens (tertiary/aromatic N) is 3. The molecule has 17 heavy (non-hydrogen) atoms. The van der Waals surface area contributed by atoms with Crippen LogP contribution in [-0.4, -0.2) is 37.8 Å². The average molecular weight is 239 g/mol. The minimum Gasteiger partial charge on any atom is -0.479 e. The Balaban J connectivity index is 2.09. The number of hydrogen-bond donors (Lipinski definition) is 1. The van der Waals surface area contributed by atoms with E-state index in [-0.39, 0.29) is 11.7 Å². The lowest BCUT2D eigenvalue weighted by molar-refractivity contribution is -0.178. The van der Waals surface area contributed by atoms with E-state index in [4.69, 9.17) is 4.74 Å². The third kappa shape index (κ3) is 2.17. The molecule has 0 bridgehead atoms. The first kappa shape index (κ1) is 12.0. The summed E-state index contributed by atoms with van der Waals surface area (Å²) in [5, 5.41) is 16.8. The van der Waals surface area contributed by atoms with Gasteiger partial charge in [0.2, 0.25) is 0 Å². The van der Waals surface area contributed by atoms with Crippen LogP contribution in [0.15, 0.2) is 12.4 Å². The summed E-state index contributed by atoms with van der Waals surface area (Å²) >= 11 is 0. The molecule has 1 aromatic rings. The van der Waals surface area contributed by atoms with E-state index >= 15 is 0 Å². The number of rotatable bonds is 3. The van der Waals surface area contributed by atoms with Gasteiger partial charge in [0.05, 0.1) is 17.9 Å². The maximum atomic E-state index is 11.4. The molecule has 1 saturated carbocycles. The molecule has 0 radical (unpaired) electrons. The Morgan fingerprint density at radius 1 is 1.53 bits per heavy atom. The fourth-order valence-electron chi connectivity index (χ4n) is 2.17. The molecule has 94 valence electrons. The topological polar surface area (TPSA) is 77.2 Å². The van der Waals surface area contributed by atoms with E-state index in [2.05, 4.69) is 10.3 Å². The Hall–Kier alpha value is -1.43. The summed E-state index contributed by atoms with van der Waals surface area (Å²) in [7, 11) is 0. The Bertz CT molecular complexity index is 402. The third-order valence-corrected chi connectivity index (χ3v) is 2.91. The normalized spacial score (nSPS) is 28.8. The molecule has 0 saturated heterocycles. The molecule has 6 heteroatoms. The molecule has 0 aliphatic heterocycles. The number of carboxylic acid groups (broad SMARTS) is 1. The van der Waals surface area contributed by atoms with Crippen LogP contribution < -0.4 is 0 Å². The Labute approximate surface area is 99.6 Å². The molecule has 1 fully saturated rings. The second kappa shape index (κ2) is 3.80. The Kier molecular flexibility index (Phi) is 2.69. The van der Waals surface area contributed by atoms with Crippen LogP contribution in [0.1, 0.15) is 33.6 Å². The highest BCUT2D eigenvalue weighted by Crippen LogP contribution is 2.42. The maximum Gasteiger partial charge on any atom is 0.331 e. The van der Waals surface area contributed by atoms with Crippen molar-refractivity contribution in [2.45, 2.75) is 50.9 Å². The van der Waals surface area contributed by atoms with E-state index in [0.29, 0.717) is 12.8 Å². The van der Waals surface area contributed by atoms with Crippen molar-refractivity contribution in [1.29, 1.82) is 0 Å². The number of carbonyl (C=O) groups is 1. The summed E-state index contributed by atoms with van der Waals surface area (Å²) in [6.45, 7) is 5.88. The molecule has 1 N–H and O–H groups in total. The molecule has 1 aromatic heterocycles. The summed E-state index contributed by atoms with van der Waals surface area (Å²) in [6, 6.07) is 0. The standard InChI is InChI=1S/C11H17N3O3/c1-10(2,3)17-8-6-11(7-8,9(15)16)14-5-4-12-13-14/h4-5,8H,6-7H2,1-3H3,(H,15,16). The summed E-state index contributed by atoms with van der Waals surface area (Å²) < 4.78 is 7.17. The van der Waals surface area contributed by atoms with E-state index in [1.807, 2.05) is 20.8 Å². The molecule has 1 heterocycles. The molecule has 0 amide bonds. The molecule has 1 aliphatic rings. The van der Waals surface area contributed by atoms with Crippen molar-refractivity contribution in [3.63, 3.8) is 0 Å². The quantitative estimate of drug-likeness (QED) is 0.852. The van der Waals surface area contributed by atoms with Gasteiger partial charge in [-0.15, -0.1) is 5.10 Å². The van der Waals surface area contributed by atoms with Gasteiger partial charge in [-0.1, -0.05) is 5.21 Å². The molecular weight excluding hydrogens is 222 g/mol. The summed E-state index contributed by atoms with van der Waals surface area (Å²) in [5.74, 6) is -0.878. The van der Waals surface area contributed by atoms with Gasteiger partial charge in [-0.05, 0) is 20.8 Å². The van der Waals surface area contributed by atoms with Crippen molar-refractivity contribution in [3.05, 3.63) is 12.4 Å². The van der Waals surface area contributed by atoms with Crippen molar-refractivity contribution in [2.75, 3.05) is 0 Å². The van der Waals surface area contributed by atoms with Crippen molar-refractivity contribution >= 4 is 5.97 Å². The average Bonchev–Trinajstić information content (AvgIpc) is 2.60. The lowest BCUT2D eigenvalue weighted by atomic mass is 9.74. The highest BCUT2D eigenvalue weighted by molar-refractivity contribution is 5.78. The molecule has 0 atom stereocenters. The molecule has 0 aromatic carbocycles. The van der Waals surface area contributed by atoms with Gasteiger partial charge in [-0.25, -0.2) is 9.48 Å². The Morgan fingerprint density at radius 2 is 2.18 bits per heavy atom. The monoisotopic (exact) mass is 239 g/mol. The first-order chi connectivity index (χ1) is 7.83. The minimum atomic E-state index is -0.980. The zero-order chi connectivity index (χ0) is 12.7. The zero-order valence-corrected chi connectivity index (χ0v) is 10.3. The first-order valence-corrected chi connectivity index (χ1v) is 5.61. The van der Waals surface area contributed by atoms with Gasteiger partial charge < -0.3 is 9.84 Å². The second-order valence-corrected chi connectivity index (χ2v) is 5.44. The maximum absolute atomic E-state index is 11.4. The van der Waals surface area contributed by atoms with Crippen LogP contribution in [0.2, 0.25) is 0 Å². The number of carboxylic acids is 1. The van der Waals surface area contributed by atoms with Crippen molar-refractivity contribution in [1.82, 2.24) is 15.0 Å². The number of hydrogen-bond acceptors (Lipinski definition) is 4. The predicted octanol–water partition coefficient (Wildman–Crippen LogP) is 1.04. The van der Waals surface area contributed by atoms with Gasteiger partial charge in [0.1, 0.15) is 0 Å². The fraction of sp³-hybridized carbons (Fsp3) is 0.727. The van der Waals surface area contributed by atoms with Crippen LogP contribution in [0.3, 0.4) is 0 Å². The third-order valence-electron chi connectivity index (χ3n) is 2.91. The first-order valence-electron chi connectivity index (χ1n) is 5.61. The van der Waals surface area contributed by atoms with E-state index < -0.39 is 11.5 Å². The van der Waals surface area contributed by atoms with E-state index in [1.165, 1.54) is 10.9 Å². The van der Waals surface area contributed by atoms with Crippen LogP contribution in [-0.2, 0) is 15.1 Å². The van der Waals surface area contributed by atoms with Crippen LogP contribution in [0.4, 0.5) is 0 Å². The summed E-state index contributed by atoms with van der Waals surface area (Å²) in [6.07, 6.45) is 3.91. The smallest absolute Gasteiger partial charge is 0.331 e. The zero-order valence-electron chi connectivity index (χ0n) is 10.3. The second-order valence-electron chi connectivity index (χ2n) is 5.44. The van der Waals surface area contributed by atoms with Crippen LogP contribution in [0, 0.1) is 0 Å². The molecular formula is C11H17N3O3. The van der Waals surface area contributed by atoms with E-state index in [1.54, 1.807) is 6.20 Å². The SMILES string of the molecule is CC(C)(C)OC1CC(C(=O)O)(n2ccnn2)C1. The number of ether oxygens (including phenoxy) is 1. The summed E-state index contributed by atoms with van der Waals surface area (Å²) in [5.41, 5.74) is -1.23. The van der Waals surface area contributed by atoms with Crippen LogP contribution in [0.5, 0.6) is 0 Å². The van der Waals surface area contributed by atoms with Crippen LogP contribution >= 0.6 is 0 Å². The molecule has 1 aliphatic carbocycles. The molecule has 0 unspecified atom stereocenters. The lowest BCUT2D eigenvalue weighted by Gasteiger charge is -2.45. The van der Waals surface area contributed by atoms with Gasteiger partial charge in [0.15, 0.2) is 5.54 Å².